The van der Waals surface area contributed by atoms with Gasteiger partial charge in [-0.15, -0.1) is 0 Å². The van der Waals surface area contributed by atoms with Gasteiger partial charge in [-0.05, 0) is 25.5 Å². The van der Waals surface area contributed by atoms with Crippen LogP contribution in [0.4, 0.5) is 4.79 Å². The van der Waals surface area contributed by atoms with Gasteiger partial charge < -0.3 is 19.5 Å². The Morgan fingerprint density at radius 2 is 1.94 bits per heavy atom. The van der Waals surface area contributed by atoms with Crippen LogP contribution in [-0.2, 0) is 4.74 Å². The molecule has 32 heavy (non-hydrogen) atoms. The highest BCUT2D eigenvalue weighted by atomic mass is 16.6. The van der Waals surface area contributed by atoms with Gasteiger partial charge in [0.05, 0.1) is 13.7 Å². The second-order valence-electron chi connectivity index (χ2n) is 8.44. The summed E-state index contributed by atoms with van der Waals surface area (Å²) in [6.07, 6.45) is 1.71. The average molecular weight is 438 g/mol. The molecule has 2 aromatic carbocycles. The predicted molar refractivity (Wildman–Crippen MR) is 123 cm³/mol. The van der Waals surface area contributed by atoms with E-state index < -0.39 is 5.66 Å². The number of aliphatic imine (C=N–C) groups is 1. The summed E-state index contributed by atoms with van der Waals surface area (Å²) in [6, 6.07) is 13.8. The lowest BCUT2D eigenvalue weighted by Gasteiger charge is -2.45. The van der Waals surface area contributed by atoms with Gasteiger partial charge in [0, 0.05) is 49.7 Å². The highest BCUT2D eigenvalue weighted by Gasteiger charge is 2.41. The number of nitrogens with one attached hydrogen (secondary N) is 1. The number of amides is 1. The summed E-state index contributed by atoms with van der Waals surface area (Å²) in [5.74, 6) is 0.603. The number of rotatable bonds is 4. The molecule has 1 atom stereocenters. The van der Waals surface area contributed by atoms with Gasteiger partial charge in [-0.3, -0.25) is 10.3 Å². The first-order chi connectivity index (χ1) is 15.4. The van der Waals surface area contributed by atoms with Gasteiger partial charge in [-0.2, -0.15) is 0 Å². The molecule has 1 fully saturated rings. The molecular weight excluding hydrogens is 406 g/mol. The number of likely N-dealkylation sites (tertiary alicyclic amines) is 1. The van der Waals surface area contributed by atoms with E-state index in [1.165, 1.54) is 5.56 Å². The van der Waals surface area contributed by atoms with Crippen LogP contribution in [0, 0.1) is 6.92 Å². The zero-order valence-corrected chi connectivity index (χ0v) is 18.9. The molecule has 170 valence electrons. The standard InChI is InChI=1S/C25H31N3O4/c1-4-32-24(30)28-14-12-25(13-15-28)26-20(18-10-8-17(2)9-11-18)16-21(27-25)19-6-5-7-22(31-3)23(19)29/h5-11,21,27,29H,4,12-16H2,1-3H3/t21-/m0/s1. The van der Waals surface area contributed by atoms with Gasteiger partial charge in [0.1, 0.15) is 5.66 Å². The number of nitrogens with zero attached hydrogens (tertiary/aromatic N) is 2. The smallest absolute Gasteiger partial charge is 0.409 e. The van der Waals surface area contributed by atoms with Crippen molar-refractivity contribution in [1.29, 1.82) is 0 Å². The summed E-state index contributed by atoms with van der Waals surface area (Å²) >= 11 is 0. The molecule has 0 bridgehead atoms. The van der Waals surface area contributed by atoms with Gasteiger partial charge in [0.2, 0.25) is 0 Å². The average Bonchev–Trinajstić information content (AvgIpc) is 2.80. The number of aryl methyl sites for hydroxylation is 1. The van der Waals surface area contributed by atoms with E-state index in [1.54, 1.807) is 18.1 Å². The zero-order chi connectivity index (χ0) is 22.7. The molecule has 2 N–H and O–H groups in total. The minimum absolute atomic E-state index is 0.131. The van der Waals surface area contributed by atoms with Crippen LogP contribution in [0.15, 0.2) is 47.5 Å². The topological polar surface area (TPSA) is 83.4 Å². The highest BCUT2D eigenvalue weighted by molar-refractivity contribution is 6.01. The lowest BCUT2D eigenvalue weighted by Crippen LogP contribution is -2.56. The number of hydrogen-bond acceptors (Lipinski definition) is 6. The van der Waals surface area contributed by atoms with Crippen LogP contribution in [0.5, 0.6) is 11.5 Å². The predicted octanol–water partition coefficient (Wildman–Crippen LogP) is 4.18. The fourth-order valence-corrected chi connectivity index (χ4v) is 4.54. The molecule has 2 heterocycles. The number of carbonyl (C=O) groups excluding carboxylic acids is 1. The Balaban J connectivity index is 1.67. The van der Waals surface area contributed by atoms with E-state index in [0.29, 0.717) is 44.7 Å². The van der Waals surface area contributed by atoms with E-state index in [2.05, 4.69) is 36.5 Å². The Morgan fingerprint density at radius 1 is 1.22 bits per heavy atom. The molecule has 2 aromatic rings. The van der Waals surface area contributed by atoms with Crippen molar-refractivity contribution in [3.05, 3.63) is 59.2 Å². The number of carbonyl (C=O) groups is 1. The van der Waals surface area contributed by atoms with Crippen LogP contribution in [0.25, 0.3) is 0 Å². The van der Waals surface area contributed by atoms with Gasteiger partial charge in [-0.25, -0.2) is 4.79 Å². The Morgan fingerprint density at radius 3 is 2.59 bits per heavy atom. The quantitative estimate of drug-likeness (QED) is 0.750. The first-order valence-corrected chi connectivity index (χ1v) is 11.2. The number of phenolic OH excluding ortho intramolecular Hbond substituents is 1. The van der Waals surface area contributed by atoms with E-state index >= 15 is 0 Å². The number of phenols is 1. The highest BCUT2D eigenvalue weighted by Crippen LogP contribution is 2.40. The molecule has 1 saturated heterocycles. The van der Waals surface area contributed by atoms with E-state index in [0.717, 1.165) is 16.8 Å². The third-order valence-electron chi connectivity index (χ3n) is 6.32. The molecule has 0 aliphatic carbocycles. The molecule has 0 unspecified atom stereocenters. The Bertz CT molecular complexity index is 995. The van der Waals surface area contributed by atoms with Crippen LogP contribution < -0.4 is 10.1 Å². The van der Waals surface area contributed by atoms with Crippen LogP contribution in [0.3, 0.4) is 0 Å². The van der Waals surface area contributed by atoms with Crippen molar-refractivity contribution in [2.75, 3.05) is 26.8 Å². The van der Waals surface area contributed by atoms with E-state index in [-0.39, 0.29) is 17.9 Å². The van der Waals surface area contributed by atoms with Gasteiger partial charge >= 0.3 is 6.09 Å². The summed E-state index contributed by atoms with van der Waals surface area (Å²) in [5, 5.41) is 14.5. The van der Waals surface area contributed by atoms with Gasteiger partial charge in [-0.1, -0.05) is 42.0 Å². The van der Waals surface area contributed by atoms with Crippen molar-refractivity contribution in [3.63, 3.8) is 0 Å². The number of methoxy groups -OCH3 is 1. The Kier molecular flexibility index (Phi) is 6.37. The maximum atomic E-state index is 12.2. The molecule has 1 amide bonds. The SMILES string of the molecule is CCOC(=O)N1CCC2(CC1)N=C(c1ccc(C)cc1)C[C@@H](c1cccc(OC)c1O)N2. The molecular formula is C25H31N3O4. The molecule has 1 spiro atoms. The molecule has 7 heteroatoms. The fraction of sp³-hybridized carbons (Fsp3) is 0.440. The molecule has 4 rings (SSSR count). The second-order valence-corrected chi connectivity index (χ2v) is 8.44. The Hall–Kier alpha value is -3.06. The third kappa shape index (κ3) is 4.43. The first-order valence-electron chi connectivity index (χ1n) is 11.2. The van der Waals surface area contributed by atoms with Crippen molar-refractivity contribution in [2.24, 2.45) is 4.99 Å². The van der Waals surface area contributed by atoms with Crippen molar-refractivity contribution in [2.45, 2.75) is 44.8 Å². The van der Waals surface area contributed by atoms with Crippen LogP contribution in [0.2, 0.25) is 0 Å². The molecule has 2 aliphatic rings. The summed E-state index contributed by atoms with van der Waals surface area (Å²) < 4.78 is 10.5. The number of hydrogen-bond donors (Lipinski definition) is 2. The maximum Gasteiger partial charge on any atom is 0.409 e. The summed E-state index contributed by atoms with van der Waals surface area (Å²) in [7, 11) is 1.55. The van der Waals surface area contributed by atoms with Crippen molar-refractivity contribution < 1.29 is 19.4 Å². The zero-order valence-electron chi connectivity index (χ0n) is 18.9. The molecule has 2 aliphatic heterocycles. The van der Waals surface area contributed by atoms with Crippen molar-refractivity contribution >= 4 is 11.8 Å². The first kappa shape index (κ1) is 22.1. The maximum absolute atomic E-state index is 12.2. The van der Waals surface area contributed by atoms with Crippen LogP contribution in [-0.4, -0.2) is 54.3 Å². The summed E-state index contributed by atoms with van der Waals surface area (Å²) in [5.41, 5.74) is 3.55. The van der Waals surface area contributed by atoms with E-state index in [4.69, 9.17) is 14.5 Å². The van der Waals surface area contributed by atoms with Crippen LogP contribution in [0.1, 0.15) is 48.9 Å². The van der Waals surface area contributed by atoms with Crippen molar-refractivity contribution in [1.82, 2.24) is 10.2 Å². The van der Waals surface area contributed by atoms with Crippen LogP contribution >= 0.6 is 0 Å². The molecule has 0 saturated carbocycles. The normalized spacial score (nSPS) is 20.0. The lowest BCUT2D eigenvalue weighted by atomic mass is 9.87. The van der Waals surface area contributed by atoms with Gasteiger partial charge in [0.15, 0.2) is 11.5 Å². The molecule has 7 nitrogen and oxygen atoms in total. The summed E-state index contributed by atoms with van der Waals surface area (Å²) in [4.78, 5) is 19.1. The fourth-order valence-electron chi connectivity index (χ4n) is 4.54. The minimum Gasteiger partial charge on any atom is -0.504 e. The van der Waals surface area contributed by atoms with Gasteiger partial charge in [0.25, 0.3) is 0 Å². The largest absolute Gasteiger partial charge is 0.504 e. The number of ether oxygens (including phenoxy) is 2. The monoisotopic (exact) mass is 437 g/mol. The number of benzene rings is 2. The molecule has 0 aromatic heterocycles. The van der Waals surface area contributed by atoms with E-state index in [9.17, 15) is 9.90 Å². The second kappa shape index (κ2) is 9.20. The number of aromatic hydroxyl groups is 1. The molecule has 0 radical (unpaired) electrons. The Labute approximate surface area is 189 Å². The lowest BCUT2D eigenvalue weighted by molar-refractivity contribution is 0.0778. The third-order valence-corrected chi connectivity index (χ3v) is 6.32. The van der Waals surface area contributed by atoms with E-state index in [1.807, 2.05) is 19.1 Å². The minimum atomic E-state index is -0.512. The number of para-hydroxylation sites is 1. The number of piperidine rings is 1. The summed E-state index contributed by atoms with van der Waals surface area (Å²) in [6.45, 7) is 5.37. The van der Waals surface area contributed by atoms with Crippen molar-refractivity contribution in [3.8, 4) is 11.5 Å².